The maximum atomic E-state index is 12.5. The van der Waals surface area contributed by atoms with Crippen LogP contribution in [0.15, 0.2) is 35.3 Å². The Labute approximate surface area is 151 Å². The van der Waals surface area contributed by atoms with Crippen LogP contribution in [0.4, 0.5) is 0 Å². The number of amides is 1. The topological polar surface area (TPSA) is 63.1 Å². The highest BCUT2D eigenvalue weighted by molar-refractivity contribution is 7.07. The lowest BCUT2D eigenvalue weighted by molar-refractivity contribution is 0.0942. The zero-order chi connectivity index (χ0) is 18.0. The molecule has 0 unspecified atom stereocenters. The van der Waals surface area contributed by atoms with E-state index in [0.29, 0.717) is 12.1 Å². The summed E-state index contributed by atoms with van der Waals surface area (Å²) in [5.74, 6) is -0.117. The number of nitrogens with one attached hydrogen (secondary N) is 1. The molecule has 3 aromatic heterocycles. The lowest BCUT2D eigenvalue weighted by Gasteiger charge is -2.24. The number of carbonyl (C=O) groups excluding carboxylic acids is 1. The van der Waals surface area contributed by atoms with Gasteiger partial charge in [0.1, 0.15) is 0 Å². The Morgan fingerprint density at radius 2 is 2.16 bits per heavy atom. The van der Waals surface area contributed by atoms with Crippen molar-refractivity contribution in [1.29, 1.82) is 0 Å². The molecule has 3 aromatic rings. The summed E-state index contributed by atoms with van der Waals surface area (Å²) in [5, 5.41) is 12.4. The average Bonchev–Trinajstić information content (AvgIpc) is 3.23. The number of aromatic nitrogens is 3. The summed E-state index contributed by atoms with van der Waals surface area (Å²) in [5.41, 5.74) is 2.57. The number of hydrogen-bond donors (Lipinski definition) is 1. The van der Waals surface area contributed by atoms with Gasteiger partial charge in [-0.25, -0.2) is 9.67 Å². The third kappa shape index (κ3) is 3.72. The maximum Gasteiger partial charge on any atom is 0.252 e. The van der Waals surface area contributed by atoms with Gasteiger partial charge in [0, 0.05) is 24.2 Å². The number of fused-ring (bicyclic) bond motifs is 1. The molecule has 0 saturated heterocycles. The van der Waals surface area contributed by atoms with E-state index in [2.05, 4.69) is 51.0 Å². The van der Waals surface area contributed by atoms with Crippen LogP contribution in [0.2, 0.25) is 0 Å². The largest absolute Gasteiger partial charge is 0.350 e. The molecule has 3 heterocycles. The van der Waals surface area contributed by atoms with Crippen LogP contribution in [0.3, 0.4) is 0 Å². The van der Waals surface area contributed by atoms with E-state index < -0.39 is 0 Å². The first-order valence-corrected chi connectivity index (χ1v) is 9.21. The molecule has 0 radical (unpaired) electrons. The molecule has 1 amide bonds. The lowest BCUT2D eigenvalue weighted by Crippen LogP contribution is -2.34. The Kier molecular flexibility index (Phi) is 5.15. The number of thiophene rings is 1. The Hall–Kier alpha value is -2.25. The summed E-state index contributed by atoms with van der Waals surface area (Å²) >= 11 is 1.66. The Balaban J connectivity index is 1.73. The monoisotopic (exact) mass is 357 g/mol. The van der Waals surface area contributed by atoms with Crippen molar-refractivity contribution in [2.45, 2.75) is 25.9 Å². The van der Waals surface area contributed by atoms with Gasteiger partial charge in [-0.3, -0.25) is 4.79 Å². The number of likely N-dealkylation sites (N-methyl/N-ethyl adjacent to an activating group) is 1. The normalized spacial score (nSPS) is 12.9. The first-order chi connectivity index (χ1) is 12.0. The van der Waals surface area contributed by atoms with E-state index in [9.17, 15) is 4.79 Å². The van der Waals surface area contributed by atoms with Crippen LogP contribution in [0.25, 0.3) is 11.0 Å². The third-order valence-corrected chi connectivity index (χ3v) is 4.89. The number of carbonyl (C=O) groups is 1. The van der Waals surface area contributed by atoms with Crippen molar-refractivity contribution in [2.75, 3.05) is 20.6 Å². The van der Waals surface area contributed by atoms with Crippen LogP contribution in [0.5, 0.6) is 0 Å². The molecular formula is C18H23N5OS. The van der Waals surface area contributed by atoms with Gasteiger partial charge >= 0.3 is 0 Å². The molecule has 0 aliphatic heterocycles. The van der Waals surface area contributed by atoms with Crippen LogP contribution >= 0.6 is 11.3 Å². The molecule has 1 atom stereocenters. The molecule has 0 bridgehead atoms. The van der Waals surface area contributed by atoms with Gasteiger partial charge in [0.05, 0.1) is 17.8 Å². The van der Waals surface area contributed by atoms with Gasteiger partial charge in [-0.2, -0.15) is 16.4 Å². The molecule has 3 rings (SSSR count). The van der Waals surface area contributed by atoms with Gasteiger partial charge < -0.3 is 10.2 Å². The standard InChI is InChI=1S/C18H23N5OS/c1-12(2)23-17-14(9-21-23)7-15(8-19-17)18(24)20-10-16(22(3)4)13-5-6-25-11-13/h5-9,11-12,16H,10H2,1-4H3,(H,20,24)/t16-/m1/s1. The zero-order valence-electron chi connectivity index (χ0n) is 14.9. The predicted octanol–water partition coefficient (Wildman–Crippen LogP) is 3.11. The molecule has 0 aliphatic carbocycles. The van der Waals surface area contributed by atoms with Crippen molar-refractivity contribution in [2.24, 2.45) is 0 Å². The van der Waals surface area contributed by atoms with Crippen LogP contribution < -0.4 is 5.32 Å². The molecule has 1 N–H and O–H groups in total. The quantitative estimate of drug-likeness (QED) is 0.736. The summed E-state index contributed by atoms with van der Waals surface area (Å²) < 4.78 is 1.86. The smallest absolute Gasteiger partial charge is 0.252 e. The summed E-state index contributed by atoms with van der Waals surface area (Å²) in [6, 6.07) is 4.32. The highest BCUT2D eigenvalue weighted by Crippen LogP contribution is 2.20. The van der Waals surface area contributed by atoms with Crippen molar-refractivity contribution in [3.05, 3.63) is 46.4 Å². The van der Waals surface area contributed by atoms with Crippen LogP contribution in [-0.2, 0) is 0 Å². The molecule has 25 heavy (non-hydrogen) atoms. The van der Waals surface area contributed by atoms with Crippen LogP contribution in [0.1, 0.15) is 41.9 Å². The number of rotatable bonds is 6. The van der Waals surface area contributed by atoms with E-state index >= 15 is 0 Å². The van der Waals surface area contributed by atoms with Gasteiger partial charge in [0.15, 0.2) is 5.65 Å². The lowest BCUT2D eigenvalue weighted by atomic mass is 10.1. The highest BCUT2D eigenvalue weighted by atomic mass is 32.1. The molecule has 132 valence electrons. The molecule has 0 saturated carbocycles. The van der Waals surface area contributed by atoms with Crippen LogP contribution in [-0.4, -0.2) is 46.2 Å². The fraction of sp³-hybridized carbons (Fsp3) is 0.389. The van der Waals surface area contributed by atoms with E-state index in [1.54, 1.807) is 23.7 Å². The van der Waals surface area contributed by atoms with E-state index in [1.807, 2.05) is 24.8 Å². The fourth-order valence-electron chi connectivity index (χ4n) is 2.80. The summed E-state index contributed by atoms with van der Waals surface area (Å²) in [4.78, 5) is 19.1. The summed E-state index contributed by atoms with van der Waals surface area (Å²) in [6.45, 7) is 4.66. The summed E-state index contributed by atoms with van der Waals surface area (Å²) in [6.07, 6.45) is 3.38. The van der Waals surface area contributed by atoms with Crippen molar-refractivity contribution in [3.8, 4) is 0 Å². The maximum absolute atomic E-state index is 12.5. The molecule has 0 aromatic carbocycles. The third-order valence-electron chi connectivity index (χ3n) is 4.19. The van der Waals surface area contributed by atoms with Gasteiger partial charge in [0.25, 0.3) is 5.91 Å². The van der Waals surface area contributed by atoms with E-state index in [0.717, 1.165) is 11.0 Å². The number of pyridine rings is 1. The van der Waals surface area contributed by atoms with Crippen molar-refractivity contribution in [3.63, 3.8) is 0 Å². The van der Waals surface area contributed by atoms with E-state index in [1.165, 1.54) is 5.56 Å². The molecule has 0 aliphatic rings. The molecule has 6 nitrogen and oxygen atoms in total. The van der Waals surface area contributed by atoms with Crippen LogP contribution in [0, 0.1) is 0 Å². The Morgan fingerprint density at radius 1 is 1.36 bits per heavy atom. The first kappa shape index (κ1) is 17.6. The second-order valence-electron chi connectivity index (χ2n) is 6.57. The first-order valence-electron chi connectivity index (χ1n) is 8.27. The fourth-order valence-corrected chi connectivity index (χ4v) is 3.50. The van der Waals surface area contributed by atoms with Gasteiger partial charge in [-0.15, -0.1) is 0 Å². The van der Waals surface area contributed by atoms with Crippen molar-refractivity contribution in [1.82, 2.24) is 25.0 Å². The minimum atomic E-state index is -0.117. The molecule has 0 fully saturated rings. The predicted molar refractivity (Wildman–Crippen MR) is 101 cm³/mol. The Bertz CT molecular complexity index is 854. The zero-order valence-corrected chi connectivity index (χ0v) is 15.7. The number of nitrogens with zero attached hydrogens (tertiary/aromatic N) is 4. The molecular weight excluding hydrogens is 334 g/mol. The Morgan fingerprint density at radius 3 is 2.80 bits per heavy atom. The highest BCUT2D eigenvalue weighted by Gasteiger charge is 2.17. The van der Waals surface area contributed by atoms with Gasteiger partial charge in [0.2, 0.25) is 0 Å². The number of hydrogen-bond acceptors (Lipinski definition) is 5. The second kappa shape index (κ2) is 7.33. The second-order valence-corrected chi connectivity index (χ2v) is 7.35. The minimum absolute atomic E-state index is 0.117. The molecule has 7 heteroatoms. The van der Waals surface area contributed by atoms with Crippen molar-refractivity contribution < 1.29 is 4.79 Å². The average molecular weight is 357 g/mol. The van der Waals surface area contributed by atoms with E-state index in [-0.39, 0.29) is 18.0 Å². The SMILES string of the molecule is CC(C)n1ncc2cc(C(=O)NC[C@H](c3ccsc3)N(C)C)cnc21. The van der Waals surface area contributed by atoms with Crippen molar-refractivity contribution >= 4 is 28.3 Å². The minimum Gasteiger partial charge on any atom is -0.350 e. The molecule has 0 spiro atoms. The van der Waals surface area contributed by atoms with Gasteiger partial charge in [-0.05, 0) is 56.4 Å². The summed E-state index contributed by atoms with van der Waals surface area (Å²) in [7, 11) is 4.03. The van der Waals surface area contributed by atoms with E-state index in [4.69, 9.17) is 0 Å². The van der Waals surface area contributed by atoms with Gasteiger partial charge in [-0.1, -0.05) is 0 Å².